The van der Waals surface area contributed by atoms with Crippen molar-refractivity contribution in [2.75, 3.05) is 32.6 Å². The van der Waals surface area contributed by atoms with Gasteiger partial charge in [0.2, 0.25) is 11.8 Å². The molecule has 0 spiro atoms. The van der Waals surface area contributed by atoms with Crippen LogP contribution in [0.4, 0.5) is 5.69 Å². The third kappa shape index (κ3) is 6.68. The average Bonchev–Trinajstić information content (AvgIpc) is 2.80. The van der Waals surface area contributed by atoms with Crippen LogP contribution in [-0.4, -0.2) is 44.0 Å². The first-order chi connectivity index (χ1) is 15.4. The summed E-state index contributed by atoms with van der Waals surface area (Å²) in [5, 5.41) is 5.81. The largest absolute Gasteiger partial charge is 0.497 e. The van der Waals surface area contributed by atoms with Gasteiger partial charge in [-0.1, -0.05) is 54.6 Å². The number of hydrogen-bond donors (Lipinski definition) is 2. The lowest BCUT2D eigenvalue weighted by Gasteiger charge is -2.19. The first-order valence-electron chi connectivity index (χ1n) is 10.5. The highest BCUT2D eigenvalue weighted by Gasteiger charge is 2.14. The van der Waals surface area contributed by atoms with E-state index in [1.807, 2.05) is 37.3 Å². The van der Waals surface area contributed by atoms with E-state index in [1.165, 1.54) is 0 Å². The quantitative estimate of drug-likeness (QED) is 0.535. The van der Waals surface area contributed by atoms with Crippen LogP contribution in [0.5, 0.6) is 5.75 Å². The van der Waals surface area contributed by atoms with Crippen LogP contribution in [-0.2, 0) is 9.59 Å². The fraction of sp³-hybridized carbons (Fsp3) is 0.231. The third-order valence-electron chi connectivity index (χ3n) is 5.10. The summed E-state index contributed by atoms with van der Waals surface area (Å²) in [5.74, 6) is 0.403. The molecule has 0 bridgehead atoms. The second-order valence-electron chi connectivity index (χ2n) is 7.73. The van der Waals surface area contributed by atoms with Crippen LogP contribution in [0.15, 0.2) is 78.9 Å². The second kappa shape index (κ2) is 11.1. The van der Waals surface area contributed by atoms with Crippen molar-refractivity contribution in [2.45, 2.75) is 13.0 Å². The molecule has 2 amide bonds. The number of amides is 2. The van der Waals surface area contributed by atoms with E-state index in [4.69, 9.17) is 4.74 Å². The van der Waals surface area contributed by atoms with Crippen molar-refractivity contribution in [2.24, 2.45) is 0 Å². The molecule has 32 heavy (non-hydrogen) atoms. The summed E-state index contributed by atoms with van der Waals surface area (Å²) >= 11 is 0. The number of ether oxygens (including phenoxy) is 1. The van der Waals surface area contributed by atoms with Crippen molar-refractivity contribution < 1.29 is 14.3 Å². The molecular weight excluding hydrogens is 402 g/mol. The zero-order valence-electron chi connectivity index (χ0n) is 18.7. The maximum atomic E-state index is 12.4. The van der Waals surface area contributed by atoms with Gasteiger partial charge in [0.05, 0.1) is 26.2 Å². The molecule has 0 fully saturated rings. The Morgan fingerprint density at radius 2 is 1.44 bits per heavy atom. The van der Waals surface area contributed by atoms with Crippen LogP contribution in [0, 0.1) is 0 Å². The maximum absolute atomic E-state index is 12.4. The standard InChI is InChI=1S/C26H29N3O3/c1-19(20-9-11-22(12-10-20)21-7-5-4-6-8-21)27-25(30)17-29(2)18-26(31)28-23-13-15-24(32-3)16-14-23/h4-16,19H,17-18H2,1-3H3,(H,27,30)(H,28,31)/t19-/m0/s1. The second-order valence-corrected chi connectivity index (χ2v) is 7.73. The molecule has 0 unspecified atom stereocenters. The van der Waals surface area contributed by atoms with Gasteiger partial charge in [-0.05, 0) is 54.9 Å². The Hall–Kier alpha value is -3.64. The number of carbonyl (C=O) groups is 2. The zero-order chi connectivity index (χ0) is 22.9. The van der Waals surface area contributed by atoms with E-state index < -0.39 is 0 Å². The minimum absolute atomic E-state index is 0.111. The molecule has 0 radical (unpaired) electrons. The van der Waals surface area contributed by atoms with E-state index in [0.717, 1.165) is 22.4 Å². The summed E-state index contributed by atoms with van der Waals surface area (Å²) in [5.41, 5.74) is 4.00. The fourth-order valence-electron chi connectivity index (χ4n) is 3.39. The molecule has 0 heterocycles. The van der Waals surface area contributed by atoms with Gasteiger partial charge in [-0.3, -0.25) is 14.5 Å². The highest BCUT2D eigenvalue weighted by atomic mass is 16.5. The van der Waals surface area contributed by atoms with Crippen LogP contribution in [0.1, 0.15) is 18.5 Å². The van der Waals surface area contributed by atoms with E-state index in [-0.39, 0.29) is 30.9 Å². The number of methoxy groups -OCH3 is 1. The molecule has 6 nitrogen and oxygen atoms in total. The third-order valence-corrected chi connectivity index (χ3v) is 5.10. The summed E-state index contributed by atoms with van der Waals surface area (Å²) in [7, 11) is 3.33. The Labute approximate surface area is 189 Å². The van der Waals surface area contributed by atoms with E-state index in [1.54, 1.807) is 43.3 Å². The molecule has 166 valence electrons. The van der Waals surface area contributed by atoms with Crippen LogP contribution in [0.25, 0.3) is 11.1 Å². The van der Waals surface area contributed by atoms with Crippen molar-refractivity contribution in [3.63, 3.8) is 0 Å². The highest BCUT2D eigenvalue weighted by Crippen LogP contribution is 2.21. The summed E-state index contributed by atoms with van der Waals surface area (Å²) in [6.07, 6.45) is 0. The number of nitrogens with zero attached hydrogens (tertiary/aromatic N) is 1. The van der Waals surface area contributed by atoms with Gasteiger partial charge < -0.3 is 15.4 Å². The molecule has 2 N–H and O–H groups in total. The molecule has 0 aliphatic heterocycles. The maximum Gasteiger partial charge on any atom is 0.238 e. The lowest BCUT2D eigenvalue weighted by Crippen LogP contribution is -2.39. The van der Waals surface area contributed by atoms with Crippen LogP contribution >= 0.6 is 0 Å². The van der Waals surface area contributed by atoms with Crippen molar-refractivity contribution in [3.05, 3.63) is 84.4 Å². The number of rotatable bonds is 9. The van der Waals surface area contributed by atoms with Crippen molar-refractivity contribution >= 4 is 17.5 Å². The van der Waals surface area contributed by atoms with Gasteiger partial charge in [0.25, 0.3) is 0 Å². The number of benzene rings is 3. The van der Waals surface area contributed by atoms with Gasteiger partial charge in [-0.2, -0.15) is 0 Å². The van der Waals surface area contributed by atoms with Gasteiger partial charge in [0.1, 0.15) is 5.75 Å². The summed E-state index contributed by atoms with van der Waals surface area (Å²) in [6.45, 7) is 2.19. The Bertz CT molecular complexity index is 1020. The minimum Gasteiger partial charge on any atom is -0.497 e. The van der Waals surface area contributed by atoms with E-state index in [9.17, 15) is 9.59 Å². The normalized spacial score (nSPS) is 11.6. The number of likely N-dealkylation sites (N-methyl/N-ethyl adjacent to an activating group) is 1. The highest BCUT2D eigenvalue weighted by molar-refractivity contribution is 5.92. The molecule has 3 rings (SSSR count). The lowest BCUT2D eigenvalue weighted by atomic mass is 10.0. The molecule has 6 heteroatoms. The number of carbonyl (C=O) groups excluding carboxylic acids is 2. The Morgan fingerprint density at radius 3 is 2.06 bits per heavy atom. The molecule has 3 aromatic rings. The minimum atomic E-state index is -0.185. The Balaban J connectivity index is 1.46. The van der Waals surface area contributed by atoms with Crippen molar-refractivity contribution in [1.29, 1.82) is 0 Å². The summed E-state index contributed by atoms with van der Waals surface area (Å²) in [4.78, 5) is 26.4. The smallest absolute Gasteiger partial charge is 0.238 e. The van der Waals surface area contributed by atoms with Gasteiger partial charge in [-0.15, -0.1) is 0 Å². The first-order valence-corrected chi connectivity index (χ1v) is 10.5. The zero-order valence-corrected chi connectivity index (χ0v) is 18.7. The number of hydrogen-bond acceptors (Lipinski definition) is 4. The van der Waals surface area contributed by atoms with Gasteiger partial charge >= 0.3 is 0 Å². The Kier molecular flexibility index (Phi) is 8.00. The molecule has 0 aliphatic rings. The Morgan fingerprint density at radius 1 is 0.844 bits per heavy atom. The molecule has 0 saturated heterocycles. The monoisotopic (exact) mass is 431 g/mol. The van der Waals surface area contributed by atoms with E-state index >= 15 is 0 Å². The molecule has 0 aromatic heterocycles. The van der Waals surface area contributed by atoms with Crippen molar-refractivity contribution in [3.8, 4) is 16.9 Å². The average molecular weight is 432 g/mol. The fourth-order valence-corrected chi connectivity index (χ4v) is 3.39. The first kappa shape index (κ1) is 23.0. The van der Waals surface area contributed by atoms with Gasteiger partial charge in [-0.25, -0.2) is 0 Å². The number of anilines is 1. The summed E-state index contributed by atoms with van der Waals surface area (Å²) < 4.78 is 5.11. The van der Waals surface area contributed by atoms with E-state index in [0.29, 0.717) is 5.69 Å². The predicted molar refractivity (Wildman–Crippen MR) is 128 cm³/mol. The SMILES string of the molecule is COc1ccc(NC(=O)CN(C)CC(=O)N[C@@H](C)c2ccc(-c3ccccc3)cc2)cc1. The topological polar surface area (TPSA) is 70.7 Å². The van der Waals surface area contributed by atoms with Crippen LogP contribution in [0.3, 0.4) is 0 Å². The number of nitrogens with one attached hydrogen (secondary N) is 2. The van der Waals surface area contributed by atoms with Crippen LogP contribution in [0.2, 0.25) is 0 Å². The van der Waals surface area contributed by atoms with Crippen LogP contribution < -0.4 is 15.4 Å². The molecule has 3 aromatic carbocycles. The van der Waals surface area contributed by atoms with Gasteiger partial charge in [0, 0.05) is 5.69 Å². The lowest BCUT2D eigenvalue weighted by molar-refractivity contribution is -0.123. The van der Waals surface area contributed by atoms with Gasteiger partial charge in [0.15, 0.2) is 0 Å². The molecule has 0 saturated carbocycles. The van der Waals surface area contributed by atoms with Crippen molar-refractivity contribution in [1.82, 2.24) is 10.2 Å². The summed E-state index contributed by atoms with van der Waals surface area (Å²) in [6, 6.07) is 25.3. The predicted octanol–water partition coefficient (Wildman–Crippen LogP) is 4.11. The molecule has 0 aliphatic carbocycles. The molecular formula is C26H29N3O3. The molecule has 1 atom stereocenters. The van der Waals surface area contributed by atoms with E-state index in [2.05, 4.69) is 34.9 Å².